The molecule has 0 saturated heterocycles. The van der Waals surface area contributed by atoms with Crippen LogP contribution in [0, 0.1) is 0 Å². The van der Waals surface area contributed by atoms with Crippen LogP contribution in [0.1, 0.15) is 6.42 Å². The molecule has 0 aliphatic rings. The maximum atomic E-state index is 9.24. The van der Waals surface area contributed by atoms with Gasteiger partial charge in [-0.25, -0.2) is 0 Å². The van der Waals surface area contributed by atoms with Crippen molar-refractivity contribution in [2.24, 2.45) is 0 Å². The average molecular weight is 327 g/mol. The van der Waals surface area contributed by atoms with Gasteiger partial charge in [0.15, 0.2) is 8.32 Å². The molecule has 0 rings (SSSR count). The van der Waals surface area contributed by atoms with Crippen LogP contribution >= 0.6 is 0 Å². The highest BCUT2D eigenvalue weighted by atomic mass is 28.4. The first-order valence-corrected chi connectivity index (χ1v) is 12.7. The normalized spacial score (nSPS) is 16.9. The molecule has 6 nitrogen and oxygen atoms in total. The van der Waals surface area contributed by atoms with E-state index in [0.29, 0.717) is 12.7 Å². The SMILES string of the molecule is CO[Si](CCO)(CCCOCC(O)CO)O[Si](C)(C)C. The first kappa shape index (κ1) is 20.2. The summed E-state index contributed by atoms with van der Waals surface area (Å²) in [5, 5.41) is 27.1. The van der Waals surface area contributed by atoms with Crippen LogP contribution in [-0.2, 0) is 13.3 Å². The molecule has 0 aromatic rings. The highest BCUT2D eigenvalue weighted by Crippen LogP contribution is 2.24. The van der Waals surface area contributed by atoms with Gasteiger partial charge in [0, 0.05) is 26.4 Å². The molecule has 0 saturated carbocycles. The lowest BCUT2D eigenvalue weighted by atomic mass is 10.4. The Morgan fingerprint density at radius 3 is 2.20 bits per heavy atom. The molecular formula is C12H30O6Si2. The van der Waals surface area contributed by atoms with Gasteiger partial charge in [-0.05, 0) is 32.1 Å². The van der Waals surface area contributed by atoms with E-state index in [2.05, 4.69) is 19.6 Å². The Hall–Kier alpha value is 0.194. The molecule has 0 aromatic heterocycles. The maximum Gasteiger partial charge on any atom is 0.330 e. The number of aliphatic hydroxyl groups excluding tert-OH is 3. The van der Waals surface area contributed by atoms with Gasteiger partial charge in [-0.3, -0.25) is 0 Å². The number of hydrogen-bond donors (Lipinski definition) is 3. The monoisotopic (exact) mass is 326 g/mol. The van der Waals surface area contributed by atoms with E-state index in [1.165, 1.54) is 0 Å². The van der Waals surface area contributed by atoms with Crippen LogP contribution in [0.3, 0.4) is 0 Å². The van der Waals surface area contributed by atoms with Gasteiger partial charge < -0.3 is 28.6 Å². The lowest BCUT2D eigenvalue weighted by Crippen LogP contribution is -2.49. The van der Waals surface area contributed by atoms with Crippen LogP contribution in [0.15, 0.2) is 0 Å². The molecule has 8 heteroatoms. The lowest BCUT2D eigenvalue weighted by Gasteiger charge is -2.35. The smallest absolute Gasteiger partial charge is 0.330 e. The van der Waals surface area contributed by atoms with Gasteiger partial charge >= 0.3 is 8.56 Å². The fourth-order valence-corrected chi connectivity index (χ4v) is 9.21. The van der Waals surface area contributed by atoms with Crippen molar-refractivity contribution in [3.05, 3.63) is 0 Å². The van der Waals surface area contributed by atoms with Gasteiger partial charge in [-0.2, -0.15) is 0 Å². The lowest BCUT2D eigenvalue weighted by molar-refractivity contribution is 0.00615. The zero-order valence-electron chi connectivity index (χ0n) is 13.1. The van der Waals surface area contributed by atoms with Crippen molar-refractivity contribution in [2.45, 2.75) is 44.3 Å². The van der Waals surface area contributed by atoms with Crippen LogP contribution in [0.25, 0.3) is 0 Å². The summed E-state index contributed by atoms with van der Waals surface area (Å²) in [4.78, 5) is 0. The summed E-state index contributed by atoms with van der Waals surface area (Å²) in [5.41, 5.74) is 0. The second kappa shape index (κ2) is 10.0. The summed E-state index contributed by atoms with van der Waals surface area (Å²) in [6.07, 6.45) is -0.0713. The van der Waals surface area contributed by atoms with Crippen molar-refractivity contribution in [2.75, 3.05) is 33.5 Å². The number of ether oxygens (including phenoxy) is 1. The predicted octanol–water partition coefficient (Wildman–Crippen LogP) is 0.679. The second-order valence-corrected chi connectivity index (χ2v) is 14.1. The highest BCUT2D eigenvalue weighted by Gasteiger charge is 2.39. The first-order valence-electron chi connectivity index (χ1n) is 7.01. The maximum absolute atomic E-state index is 9.24. The summed E-state index contributed by atoms with van der Waals surface area (Å²) in [7, 11) is -2.45. The van der Waals surface area contributed by atoms with Crippen LogP contribution in [-0.4, -0.2) is 71.8 Å². The molecule has 0 fully saturated rings. The van der Waals surface area contributed by atoms with E-state index in [1.807, 2.05) is 0 Å². The number of hydrogen-bond acceptors (Lipinski definition) is 6. The fourth-order valence-electron chi connectivity index (χ4n) is 1.92. The second-order valence-electron chi connectivity index (χ2n) is 5.82. The van der Waals surface area contributed by atoms with Crippen molar-refractivity contribution in [3.63, 3.8) is 0 Å². The minimum atomic E-state index is -2.37. The number of aliphatic hydroxyl groups is 3. The summed E-state index contributed by atoms with van der Waals surface area (Å²) in [6, 6.07) is 1.32. The standard InChI is InChI=1S/C12H30O6Si2/c1-16-20(9-6-13,18-19(2,3)4)8-5-7-17-11-12(15)10-14/h12-15H,5-11H2,1-4H3. The van der Waals surface area contributed by atoms with E-state index in [0.717, 1.165) is 12.5 Å². The summed E-state index contributed by atoms with van der Waals surface area (Å²) in [5.74, 6) is 0. The van der Waals surface area contributed by atoms with E-state index in [-0.39, 0.29) is 19.8 Å². The Balaban J connectivity index is 4.23. The Morgan fingerprint density at radius 2 is 1.75 bits per heavy atom. The van der Waals surface area contributed by atoms with Crippen LogP contribution < -0.4 is 0 Å². The summed E-state index contributed by atoms with van der Waals surface area (Å²) >= 11 is 0. The Kier molecular flexibility index (Phi) is 10.1. The van der Waals surface area contributed by atoms with E-state index in [9.17, 15) is 5.11 Å². The zero-order valence-corrected chi connectivity index (χ0v) is 15.1. The largest absolute Gasteiger partial charge is 0.436 e. The molecule has 122 valence electrons. The van der Waals surface area contributed by atoms with Gasteiger partial charge in [-0.1, -0.05) is 0 Å². The molecule has 0 aromatic carbocycles. The van der Waals surface area contributed by atoms with Crippen molar-refractivity contribution >= 4 is 16.9 Å². The van der Waals surface area contributed by atoms with E-state index in [1.54, 1.807) is 7.11 Å². The van der Waals surface area contributed by atoms with Crippen molar-refractivity contribution in [1.82, 2.24) is 0 Å². The summed E-state index contributed by atoms with van der Waals surface area (Å²) < 4.78 is 17.1. The van der Waals surface area contributed by atoms with E-state index >= 15 is 0 Å². The van der Waals surface area contributed by atoms with E-state index < -0.39 is 23.0 Å². The number of rotatable bonds is 12. The fraction of sp³-hybridized carbons (Fsp3) is 1.00. The van der Waals surface area contributed by atoms with Gasteiger partial charge in [-0.15, -0.1) is 0 Å². The Labute approximate surface area is 124 Å². The Bertz CT molecular complexity index is 249. The van der Waals surface area contributed by atoms with Gasteiger partial charge in [0.2, 0.25) is 0 Å². The minimum absolute atomic E-state index is 0.0641. The third kappa shape index (κ3) is 9.19. The minimum Gasteiger partial charge on any atom is -0.436 e. The van der Waals surface area contributed by atoms with Crippen molar-refractivity contribution in [1.29, 1.82) is 0 Å². The van der Waals surface area contributed by atoms with E-state index in [4.69, 9.17) is 23.5 Å². The van der Waals surface area contributed by atoms with Crippen LogP contribution in [0.4, 0.5) is 0 Å². The molecule has 2 unspecified atom stereocenters. The van der Waals surface area contributed by atoms with Crippen molar-refractivity contribution < 1.29 is 28.6 Å². The van der Waals surface area contributed by atoms with Gasteiger partial charge in [0.05, 0.1) is 13.2 Å². The topological polar surface area (TPSA) is 88.4 Å². The molecule has 0 amide bonds. The third-order valence-electron chi connectivity index (χ3n) is 2.72. The molecule has 0 spiro atoms. The molecule has 3 N–H and O–H groups in total. The molecular weight excluding hydrogens is 296 g/mol. The van der Waals surface area contributed by atoms with Crippen LogP contribution in [0.5, 0.6) is 0 Å². The van der Waals surface area contributed by atoms with Gasteiger partial charge in [0.25, 0.3) is 0 Å². The van der Waals surface area contributed by atoms with Crippen molar-refractivity contribution in [3.8, 4) is 0 Å². The molecule has 0 aliphatic heterocycles. The third-order valence-corrected chi connectivity index (χ3v) is 9.51. The molecule has 0 bridgehead atoms. The average Bonchev–Trinajstić information content (AvgIpc) is 2.36. The first-order chi connectivity index (χ1) is 9.28. The zero-order chi connectivity index (χ0) is 15.6. The predicted molar refractivity (Wildman–Crippen MR) is 82.4 cm³/mol. The van der Waals surface area contributed by atoms with Gasteiger partial charge in [0.1, 0.15) is 6.10 Å². The molecule has 0 heterocycles. The molecule has 0 aliphatic carbocycles. The quantitative estimate of drug-likeness (QED) is 0.361. The molecule has 2 atom stereocenters. The highest BCUT2D eigenvalue weighted by molar-refractivity contribution is 6.82. The summed E-state index contributed by atoms with van der Waals surface area (Å²) in [6.45, 7) is 6.72. The molecule has 0 radical (unpaired) electrons. The van der Waals surface area contributed by atoms with Crippen LogP contribution in [0.2, 0.25) is 31.7 Å². The molecule has 20 heavy (non-hydrogen) atoms. The Morgan fingerprint density at radius 1 is 1.10 bits per heavy atom.